The van der Waals surface area contributed by atoms with Gasteiger partial charge in [-0.25, -0.2) is 0 Å². The molecule has 1 aromatic heterocycles. The minimum absolute atomic E-state index is 0.316. The Bertz CT molecular complexity index is 547. The van der Waals surface area contributed by atoms with Crippen molar-refractivity contribution >= 4 is 11.5 Å². The zero-order valence-electron chi connectivity index (χ0n) is 9.73. The maximum absolute atomic E-state index is 8.62. The smallest absolute Gasteiger partial charge is 0.163 e. The van der Waals surface area contributed by atoms with Gasteiger partial charge in [-0.05, 0) is 49.2 Å². The third kappa shape index (κ3) is 2.79. The van der Waals surface area contributed by atoms with Crippen molar-refractivity contribution in [2.75, 3.05) is 5.32 Å². The summed E-state index contributed by atoms with van der Waals surface area (Å²) in [7, 11) is 0. The molecular formula is C13H12N4. The molecule has 17 heavy (non-hydrogen) atoms. The van der Waals surface area contributed by atoms with E-state index in [1.165, 1.54) is 11.1 Å². The highest BCUT2D eigenvalue weighted by molar-refractivity contribution is 5.58. The van der Waals surface area contributed by atoms with Crippen molar-refractivity contribution in [2.45, 2.75) is 13.8 Å². The third-order valence-corrected chi connectivity index (χ3v) is 2.27. The molecule has 4 nitrogen and oxygen atoms in total. The number of hydrogen-bond donors (Lipinski definition) is 1. The highest BCUT2D eigenvalue weighted by Crippen LogP contribution is 2.17. The Hall–Kier alpha value is -2.41. The van der Waals surface area contributed by atoms with Crippen molar-refractivity contribution in [1.29, 1.82) is 5.26 Å². The van der Waals surface area contributed by atoms with E-state index in [9.17, 15) is 0 Å². The predicted molar refractivity (Wildman–Crippen MR) is 65.9 cm³/mol. The molecule has 0 aliphatic rings. The first-order valence-corrected chi connectivity index (χ1v) is 5.26. The number of aryl methyl sites for hydroxylation is 2. The summed E-state index contributed by atoms with van der Waals surface area (Å²) in [6.45, 7) is 4.09. The molecule has 0 spiro atoms. The molecule has 84 valence electrons. The van der Waals surface area contributed by atoms with Crippen LogP contribution in [0.3, 0.4) is 0 Å². The van der Waals surface area contributed by atoms with Crippen LogP contribution in [-0.2, 0) is 0 Å². The molecule has 0 saturated carbocycles. The first-order valence-electron chi connectivity index (χ1n) is 5.26. The van der Waals surface area contributed by atoms with Gasteiger partial charge in [-0.3, -0.25) is 0 Å². The normalized spacial score (nSPS) is 9.71. The summed E-state index contributed by atoms with van der Waals surface area (Å²) in [5.41, 5.74) is 3.67. The van der Waals surface area contributed by atoms with Crippen LogP contribution in [-0.4, -0.2) is 10.2 Å². The van der Waals surface area contributed by atoms with Crippen LogP contribution in [0.2, 0.25) is 0 Å². The van der Waals surface area contributed by atoms with E-state index in [1.54, 1.807) is 12.1 Å². The van der Waals surface area contributed by atoms with Crippen molar-refractivity contribution in [2.24, 2.45) is 0 Å². The summed E-state index contributed by atoms with van der Waals surface area (Å²) >= 11 is 0. The number of rotatable bonds is 2. The number of anilines is 2. The molecule has 1 N–H and O–H groups in total. The number of benzene rings is 1. The third-order valence-electron chi connectivity index (χ3n) is 2.27. The Morgan fingerprint density at radius 2 is 1.76 bits per heavy atom. The van der Waals surface area contributed by atoms with E-state index in [0.29, 0.717) is 11.5 Å². The minimum atomic E-state index is 0.316. The lowest BCUT2D eigenvalue weighted by Gasteiger charge is -2.07. The van der Waals surface area contributed by atoms with Crippen LogP contribution in [0.25, 0.3) is 0 Å². The maximum Gasteiger partial charge on any atom is 0.163 e. The van der Waals surface area contributed by atoms with E-state index in [4.69, 9.17) is 5.26 Å². The van der Waals surface area contributed by atoms with Crippen LogP contribution in [0.5, 0.6) is 0 Å². The molecule has 0 radical (unpaired) electrons. The van der Waals surface area contributed by atoms with Crippen LogP contribution in [0.4, 0.5) is 11.5 Å². The SMILES string of the molecule is Cc1cc(C)cc(Nc2ccc(C#N)nn2)c1. The van der Waals surface area contributed by atoms with Gasteiger partial charge in [-0.2, -0.15) is 5.26 Å². The molecule has 0 fully saturated rings. The van der Waals surface area contributed by atoms with E-state index < -0.39 is 0 Å². The van der Waals surface area contributed by atoms with Crippen LogP contribution in [0.1, 0.15) is 16.8 Å². The second kappa shape index (κ2) is 4.62. The van der Waals surface area contributed by atoms with Crippen molar-refractivity contribution in [3.63, 3.8) is 0 Å². The largest absolute Gasteiger partial charge is 0.339 e. The molecule has 0 unspecified atom stereocenters. The summed E-state index contributed by atoms with van der Waals surface area (Å²) in [5.74, 6) is 0.633. The summed E-state index contributed by atoms with van der Waals surface area (Å²) in [6.07, 6.45) is 0. The van der Waals surface area contributed by atoms with Gasteiger partial charge in [0, 0.05) is 5.69 Å². The number of nitriles is 1. The van der Waals surface area contributed by atoms with Gasteiger partial charge in [-0.1, -0.05) is 6.07 Å². The Labute approximate surface area is 99.9 Å². The van der Waals surface area contributed by atoms with Crippen LogP contribution >= 0.6 is 0 Å². The van der Waals surface area contributed by atoms with Gasteiger partial charge in [0.25, 0.3) is 0 Å². The topological polar surface area (TPSA) is 61.6 Å². The van der Waals surface area contributed by atoms with Crippen molar-refractivity contribution in [3.05, 3.63) is 47.2 Å². The number of hydrogen-bond acceptors (Lipinski definition) is 4. The molecule has 1 aromatic carbocycles. The number of nitrogens with one attached hydrogen (secondary N) is 1. The summed E-state index contributed by atoms with van der Waals surface area (Å²) in [4.78, 5) is 0. The lowest BCUT2D eigenvalue weighted by atomic mass is 10.1. The Morgan fingerprint density at radius 3 is 2.29 bits per heavy atom. The van der Waals surface area contributed by atoms with Crippen molar-refractivity contribution in [1.82, 2.24) is 10.2 Å². The second-order valence-corrected chi connectivity index (χ2v) is 3.92. The number of aromatic nitrogens is 2. The summed E-state index contributed by atoms with van der Waals surface area (Å²) < 4.78 is 0. The average molecular weight is 224 g/mol. The van der Waals surface area contributed by atoms with E-state index in [-0.39, 0.29) is 0 Å². The fourth-order valence-corrected chi connectivity index (χ4v) is 1.65. The van der Waals surface area contributed by atoms with Crippen molar-refractivity contribution in [3.8, 4) is 6.07 Å². The first-order chi connectivity index (χ1) is 8.17. The Kier molecular flexibility index (Phi) is 3.01. The van der Waals surface area contributed by atoms with E-state index >= 15 is 0 Å². The quantitative estimate of drug-likeness (QED) is 0.851. The minimum Gasteiger partial charge on any atom is -0.339 e. The molecule has 2 aromatic rings. The van der Waals surface area contributed by atoms with Crippen LogP contribution in [0.15, 0.2) is 30.3 Å². The molecule has 4 heteroatoms. The molecule has 0 amide bonds. The summed E-state index contributed by atoms with van der Waals surface area (Å²) in [6, 6.07) is 11.5. The predicted octanol–water partition coefficient (Wildman–Crippen LogP) is 2.71. The van der Waals surface area contributed by atoms with Crippen molar-refractivity contribution < 1.29 is 0 Å². The lowest BCUT2D eigenvalue weighted by molar-refractivity contribution is 1.01. The molecule has 0 saturated heterocycles. The lowest BCUT2D eigenvalue weighted by Crippen LogP contribution is -1.97. The fourth-order valence-electron chi connectivity index (χ4n) is 1.65. The standard InChI is InChI=1S/C13H12N4/c1-9-5-10(2)7-12(6-9)15-13-4-3-11(8-14)16-17-13/h3-7H,1-2H3,(H,15,17). The molecule has 0 aliphatic heterocycles. The van der Waals surface area contributed by atoms with Crippen LogP contribution < -0.4 is 5.32 Å². The molecule has 0 bridgehead atoms. The van der Waals surface area contributed by atoms with Gasteiger partial charge < -0.3 is 5.32 Å². The molecular weight excluding hydrogens is 212 g/mol. The Morgan fingerprint density at radius 1 is 1.06 bits per heavy atom. The number of nitrogens with zero attached hydrogens (tertiary/aromatic N) is 3. The van der Waals surface area contributed by atoms with Gasteiger partial charge in [0.05, 0.1) is 0 Å². The highest BCUT2D eigenvalue weighted by Gasteiger charge is 1.99. The maximum atomic E-state index is 8.62. The highest BCUT2D eigenvalue weighted by atomic mass is 15.2. The van der Waals surface area contributed by atoms with E-state index in [1.807, 2.05) is 32.0 Å². The molecule has 0 atom stereocenters. The average Bonchev–Trinajstić information content (AvgIpc) is 2.28. The molecule has 2 rings (SSSR count). The first kappa shape index (κ1) is 11.1. The van der Waals surface area contributed by atoms with Gasteiger partial charge in [-0.15, -0.1) is 10.2 Å². The zero-order valence-corrected chi connectivity index (χ0v) is 9.73. The molecule has 0 aliphatic carbocycles. The van der Waals surface area contributed by atoms with Crippen LogP contribution in [0, 0.1) is 25.2 Å². The zero-order chi connectivity index (χ0) is 12.3. The van der Waals surface area contributed by atoms with Gasteiger partial charge in [0.1, 0.15) is 6.07 Å². The van der Waals surface area contributed by atoms with E-state index in [2.05, 4.69) is 21.6 Å². The van der Waals surface area contributed by atoms with Gasteiger partial charge >= 0.3 is 0 Å². The summed E-state index contributed by atoms with van der Waals surface area (Å²) in [5, 5.41) is 19.5. The van der Waals surface area contributed by atoms with Gasteiger partial charge in [0.15, 0.2) is 11.5 Å². The monoisotopic (exact) mass is 224 g/mol. The molecule has 1 heterocycles. The second-order valence-electron chi connectivity index (χ2n) is 3.92. The Balaban J connectivity index is 2.22. The van der Waals surface area contributed by atoms with E-state index in [0.717, 1.165) is 5.69 Å². The van der Waals surface area contributed by atoms with Gasteiger partial charge in [0.2, 0.25) is 0 Å². The fraction of sp³-hybridized carbons (Fsp3) is 0.154.